The van der Waals surface area contributed by atoms with Gasteiger partial charge in [0.2, 0.25) is 0 Å². The van der Waals surface area contributed by atoms with Crippen LogP contribution >= 0.6 is 0 Å². The average Bonchev–Trinajstić information content (AvgIpc) is 2.38. The summed E-state index contributed by atoms with van der Waals surface area (Å²) in [5, 5.41) is 0. The molecule has 0 radical (unpaired) electrons. The molecule has 0 unspecified atom stereocenters. The molecule has 0 aliphatic rings. The topological polar surface area (TPSA) is 17.1 Å². The molecule has 0 spiro atoms. The molecule has 0 saturated carbocycles. The molecule has 0 fully saturated rings. The second-order valence-corrected chi connectivity index (χ2v) is 4.82. The smallest absolute Gasteiger partial charge is 0.135 e. The van der Waals surface area contributed by atoms with Crippen molar-refractivity contribution in [2.45, 2.75) is 52.4 Å². The standard InChI is InChI=1S/C16H24O/c1-3-14(2)16(17)13-9-5-8-12-15-10-6-4-7-11-15/h4,6-7,10-11,14H,3,5,8-9,12-13H2,1-2H3/t14-/m0/s1. The summed E-state index contributed by atoms with van der Waals surface area (Å²) in [7, 11) is 0. The summed E-state index contributed by atoms with van der Waals surface area (Å²) >= 11 is 0. The number of Topliss-reactive ketones (excluding diaryl/α,β-unsaturated/α-hetero) is 1. The van der Waals surface area contributed by atoms with Crippen molar-refractivity contribution in [2.75, 3.05) is 0 Å². The minimum absolute atomic E-state index is 0.254. The fourth-order valence-electron chi connectivity index (χ4n) is 1.92. The van der Waals surface area contributed by atoms with E-state index in [-0.39, 0.29) is 5.92 Å². The lowest BCUT2D eigenvalue weighted by atomic mass is 9.98. The molecule has 1 heteroatoms. The highest BCUT2D eigenvalue weighted by Gasteiger charge is 2.09. The van der Waals surface area contributed by atoms with Crippen molar-refractivity contribution >= 4 is 5.78 Å². The number of aryl methyl sites for hydroxylation is 1. The lowest BCUT2D eigenvalue weighted by molar-refractivity contribution is -0.122. The highest BCUT2D eigenvalue weighted by Crippen LogP contribution is 2.11. The zero-order chi connectivity index (χ0) is 12.5. The summed E-state index contributed by atoms with van der Waals surface area (Å²) < 4.78 is 0. The minimum atomic E-state index is 0.254. The normalized spacial score (nSPS) is 12.4. The van der Waals surface area contributed by atoms with Crippen LogP contribution in [-0.4, -0.2) is 5.78 Å². The van der Waals surface area contributed by atoms with Gasteiger partial charge in [-0.3, -0.25) is 4.79 Å². The van der Waals surface area contributed by atoms with Crippen LogP contribution in [0.25, 0.3) is 0 Å². The second-order valence-electron chi connectivity index (χ2n) is 4.82. The van der Waals surface area contributed by atoms with Crippen molar-refractivity contribution in [1.82, 2.24) is 0 Å². The van der Waals surface area contributed by atoms with Crippen molar-refractivity contribution in [3.63, 3.8) is 0 Å². The fraction of sp³-hybridized carbons (Fsp3) is 0.562. The van der Waals surface area contributed by atoms with Crippen LogP contribution < -0.4 is 0 Å². The van der Waals surface area contributed by atoms with Gasteiger partial charge in [0.1, 0.15) is 5.78 Å². The lowest BCUT2D eigenvalue weighted by Gasteiger charge is -2.06. The van der Waals surface area contributed by atoms with Gasteiger partial charge in [0.05, 0.1) is 0 Å². The van der Waals surface area contributed by atoms with Crippen LogP contribution in [0.15, 0.2) is 30.3 Å². The predicted octanol–water partition coefficient (Wildman–Crippen LogP) is 4.40. The van der Waals surface area contributed by atoms with Crippen LogP contribution in [-0.2, 0) is 11.2 Å². The Bertz CT molecular complexity index is 316. The number of unbranched alkanes of at least 4 members (excludes halogenated alkanes) is 2. The Balaban J connectivity index is 2.07. The quantitative estimate of drug-likeness (QED) is 0.607. The molecule has 17 heavy (non-hydrogen) atoms. The highest BCUT2D eigenvalue weighted by molar-refractivity contribution is 5.80. The van der Waals surface area contributed by atoms with Crippen LogP contribution in [0.1, 0.15) is 51.5 Å². The van der Waals surface area contributed by atoms with E-state index < -0.39 is 0 Å². The Labute approximate surface area is 105 Å². The first-order chi connectivity index (χ1) is 8.24. The van der Waals surface area contributed by atoms with E-state index in [4.69, 9.17) is 0 Å². The summed E-state index contributed by atoms with van der Waals surface area (Å²) in [5.41, 5.74) is 1.40. The Hall–Kier alpha value is -1.11. The number of rotatable bonds is 8. The monoisotopic (exact) mass is 232 g/mol. The number of carbonyl (C=O) groups excluding carboxylic acids is 1. The molecule has 1 aromatic carbocycles. The Morgan fingerprint density at radius 2 is 1.82 bits per heavy atom. The van der Waals surface area contributed by atoms with Crippen molar-refractivity contribution in [1.29, 1.82) is 0 Å². The second kappa shape index (κ2) is 8.05. The van der Waals surface area contributed by atoms with Gasteiger partial charge in [0.15, 0.2) is 0 Å². The summed E-state index contributed by atoms with van der Waals surface area (Å²) in [5.74, 6) is 0.691. The average molecular weight is 232 g/mol. The molecule has 1 rings (SSSR count). The van der Waals surface area contributed by atoms with Crippen molar-refractivity contribution < 1.29 is 4.79 Å². The van der Waals surface area contributed by atoms with E-state index in [2.05, 4.69) is 31.2 Å². The first-order valence-corrected chi connectivity index (χ1v) is 6.80. The molecule has 1 nitrogen and oxygen atoms in total. The van der Waals surface area contributed by atoms with Gasteiger partial charge in [0, 0.05) is 12.3 Å². The summed E-state index contributed by atoms with van der Waals surface area (Å²) in [4.78, 5) is 11.6. The van der Waals surface area contributed by atoms with E-state index in [1.807, 2.05) is 13.0 Å². The maximum Gasteiger partial charge on any atom is 0.135 e. The molecular weight excluding hydrogens is 208 g/mol. The van der Waals surface area contributed by atoms with Crippen molar-refractivity contribution in [3.05, 3.63) is 35.9 Å². The Morgan fingerprint density at radius 1 is 1.12 bits per heavy atom. The molecule has 0 aliphatic heterocycles. The zero-order valence-electron chi connectivity index (χ0n) is 11.1. The molecule has 0 aromatic heterocycles. The van der Waals surface area contributed by atoms with Gasteiger partial charge in [-0.1, -0.05) is 50.6 Å². The van der Waals surface area contributed by atoms with Crippen LogP contribution in [0.4, 0.5) is 0 Å². The third-order valence-electron chi connectivity index (χ3n) is 3.39. The van der Waals surface area contributed by atoms with E-state index in [1.54, 1.807) is 0 Å². The van der Waals surface area contributed by atoms with Crippen LogP contribution in [0.5, 0.6) is 0 Å². The first kappa shape index (κ1) is 14.0. The first-order valence-electron chi connectivity index (χ1n) is 6.80. The van der Waals surface area contributed by atoms with Gasteiger partial charge in [-0.25, -0.2) is 0 Å². The third kappa shape index (κ3) is 5.67. The summed E-state index contributed by atoms with van der Waals surface area (Å²) in [6.45, 7) is 4.12. The highest BCUT2D eigenvalue weighted by atomic mass is 16.1. The van der Waals surface area contributed by atoms with Gasteiger partial charge in [-0.15, -0.1) is 0 Å². The number of hydrogen-bond donors (Lipinski definition) is 0. The van der Waals surface area contributed by atoms with Crippen molar-refractivity contribution in [3.8, 4) is 0 Å². The largest absolute Gasteiger partial charge is 0.299 e. The van der Waals surface area contributed by atoms with Crippen molar-refractivity contribution in [2.24, 2.45) is 5.92 Å². The van der Waals surface area contributed by atoms with Crippen LogP contribution in [0, 0.1) is 5.92 Å². The number of ketones is 1. The molecule has 0 aliphatic carbocycles. The molecule has 1 atom stereocenters. The lowest BCUT2D eigenvalue weighted by Crippen LogP contribution is -2.09. The number of hydrogen-bond acceptors (Lipinski definition) is 1. The van der Waals surface area contributed by atoms with E-state index in [9.17, 15) is 4.79 Å². The maximum atomic E-state index is 11.6. The van der Waals surface area contributed by atoms with E-state index in [1.165, 1.54) is 12.0 Å². The Morgan fingerprint density at radius 3 is 2.47 bits per heavy atom. The fourth-order valence-corrected chi connectivity index (χ4v) is 1.92. The van der Waals surface area contributed by atoms with Gasteiger partial charge >= 0.3 is 0 Å². The molecule has 0 heterocycles. The molecule has 0 amide bonds. The van der Waals surface area contributed by atoms with Crippen LogP contribution in [0.2, 0.25) is 0 Å². The molecular formula is C16H24O. The van der Waals surface area contributed by atoms with Gasteiger partial charge in [-0.2, -0.15) is 0 Å². The van der Waals surface area contributed by atoms with Gasteiger partial charge in [0.25, 0.3) is 0 Å². The third-order valence-corrected chi connectivity index (χ3v) is 3.39. The van der Waals surface area contributed by atoms with E-state index >= 15 is 0 Å². The number of carbonyl (C=O) groups is 1. The van der Waals surface area contributed by atoms with Gasteiger partial charge < -0.3 is 0 Å². The maximum absolute atomic E-state index is 11.6. The molecule has 1 aromatic rings. The van der Waals surface area contributed by atoms with Crippen LogP contribution in [0.3, 0.4) is 0 Å². The summed E-state index contributed by atoms with van der Waals surface area (Å²) in [6.07, 6.45) is 6.29. The Kier molecular flexibility index (Phi) is 6.61. The SMILES string of the molecule is CC[C@H](C)C(=O)CCCCCc1ccccc1. The van der Waals surface area contributed by atoms with Gasteiger partial charge in [-0.05, 0) is 31.2 Å². The molecule has 94 valence electrons. The number of benzene rings is 1. The predicted molar refractivity (Wildman–Crippen MR) is 73.1 cm³/mol. The minimum Gasteiger partial charge on any atom is -0.299 e. The molecule has 0 bridgehead atoms. The van der Waals surface area contributed by atoms with E-state index in [0.29, 0.717) is 5.78 Å². The zero-order valence-corrected chi connectivity index (χ0v) is 11.1. The molecule has 0 N–H and O–H groups in total. The molecule has 0 saturated heterocycles. The van der Waals surface area contributed by atoms with E-state index in [0.717, 1.165) is 32.1 Å². The summed E-state index contributed by atoms with van der Waals surface area (Å²) in [6, 6.07) is 10.6.